The molecule has 0 amide bonds. The van der Waals surface area contributed by atoms with Crippen molar-refractivity contribution >= 4 is 0 Å². The van der Waals surface area contributed by atoms with Gasteiger partial charge in [-0.05, 0) is 36.5 Å². The summed E-state index contributed by atoms with van der Waals surface area (Å²) in [6.07, 6.45) is 4.51. The Bertz CT molecular complexity index is 385. The zero-order chi connectivity index (χ0) is 13.1. The first-order chi connectivity index (χ1) is 8.58. The average Bonchev–Trinajstić information content (AvgIpc) is 2.37. The van der Waals surface area contributed by atoms with Gasteiger partial charge in [0.25, 0.3) is 0 Å². The Kier molecular flexibility index (Phi) is 4.30. The van der Waals surface area contributed by atoms with E-state index in [0.717, 1.165) is 31.7 Å². The quantitative estimate of drug-likeness (QED) is 0.872. The molecule has 1 aromatic carbocycles. The van der Waals surface area contributed by atoms with Crippen LogP contribution in [0.2, 0.25) is 0 Å². The highest BCUT2D eigenvalue weighted by atomic mass is 19.1. The zero-order valence-corrected chi connectivity index (χ0v) is 10.3. The van der Waals surface area contributed by atoms with Crippen LogP contribution < -0.4 is 5.73 Å². The summed E-state index contributed by atoms with van der Waals surface area (Å²) >= 11 is 0. The van der Waals surface area contributed by atoms with E-state index in [1.165, 1.54) is 18.6 Å². The van der Waals surface area contributed by atoms with Crippen LogP contribution in [-0.4, -0.2) is 11.2 Å². The predicted molar refractivity (Wildman–Crippen MR) is 65.9 cm³/mol. The summed E-state index contributed by atoms with van der Waals surface area (Å²) in [6.45, 7) is 0. The second-order valence-electron chi connectivity index (χ2n) is 5.12. The van der Waals surface area contributed by atoms with Gasteiger partial charge in [0.15, 0.2) is 0 Å². The highest BCUT2D eigenvalue weighted by Gasteiger charge is 2.28. The van der Waals surface area contributed by atoms with Crippen LogP contribution in [0.3, 0.4) is 0 Å². The van der Waals surface area contributed by atoms with E-state index < -0.39 is 23.8 Å². The van der Waals surface area contributed by atoms with Crippen molar-refractivity contribution in [2.75, 3.05) is 0 Å². The maximum absolute atomic E-state index is 13.1. The van der Waals surface area contributed by atoms with Crippen LogP contribution in [0.1, 0.15) is 43.7 Å². The second kappa shape index (κ2) is 5.76. The summed E-state index contributed by atoms with van der Waals surface area (Å²) in [7, 11) is 0. The smallest absolute Gasteiger partial charge is 0.126 e. The number of rotatable bonds is 3. The number of hydrogen-bond donors (Lipinski definition) is 2. The molecule has 18 heavy (non-hydrogen) atoms. The lowest BCUT2D eigenvalue weighted by Crippen LogP contribution is -2.34. The number of benzene rings is 1. The van der Waals surface area contributed by atoms with E-state index in [0.29, 0.717) is 5.56 Å². The van der Waals surface area contributed by atoms with Crippen molar-refractivity contribution in [1.82, 2.24) is 0 Å². The monoisotopic (exact) mass is 255 g/mol. The Balaban J connectivity index is 2.11. The SMILES string of the molecule is N[C@H](c1cc(F)cc(F)c1)[C@@H](O)C1CCCCC1. The van der Waals surface area contributed by atoms with Crippen molar-refractivity contribution in [3.05, 3.63) is 35.4 Å². The van der Waals surface area contributed by atoms with Gasteiger partial charge in [-0.25, -0.2) is 8.78 Å². The van der Waals surface area contributed by atoms with Crippen LogP contribution in [0.5, 0.6) is 0 Å². The predicted octanol–water partition coefficient (Wildman–Crippen LogP) is 2.91. The summed E-state index contributed by atoms with van der Waals surface area (Å²) in [4.78, 5) is 0. The van der Waals surface area contributed by atoms with Crippen LogP contribution in [0.4, 0.5) is 8.78 Å². The molecule has 1 aliphatic carbocycles. The molecular formula is C14H19F2NO. The third-order valence-corrected chi connectivity index (χ3v) is 3.77. The minimum atomic E-state index is -0.730. The summed E-state index contributed by atoms with van der Waals surface area (Å²) in [5.74, 6) is -1.17. The normalized spacial score (nSPS) is 20.7. The molecule has 0 bridgehead atoms. The lowest BCUT2D eigenvalue weighted by molar-refractivity contribution is 0.0616. The van der Waals surface area contributed by atoms with E-state index in [-0.39, 0.29) is 5.92 Å². The van der Waals surface area contributed by atoms with E-state index >= 15 is 0 Å². The summed E-state index contributed by atoms with van der Waals surface area (Å²) in [6, 6.07) is 2.47. The van der Waals surface area contributed by atoms with Gasteiger partial charge < -0.3 is 10.8 Å². The minimum absolute atomic E-state index is 0.139. The maximum atomic E-state index is 13.1. The largest absolute Gasteiger partial charge is 0.391 e. The molecule has 1 aliphatic rings. The zero-order valence-electron chi connectivity index (χ0n) is 10.3. The van der Waals surface area contributed by atoms with Gasteiger partial charge in [-0.1, -0.05) is 19.3 Å². The molecule has 4 heteroatoms. The van der Waals surface area contributed by atoms with Gasteiger partial charge in [-0.2, -0.15) is 0 Å². The third kappa shape index (κ3) is 3.06. The molecule has 2 rings (SSSR count). The van der Waals surface area contributed by atoms with Gasteiger partial charge in [-0.15, -0.1) is 0 Å². The number of aliphatic hydroxyl groups is 1. The summed E-state index contributed by atoms with van der Waals surface area (Å²) in [5.41, 5.74) is 6.25. The Morgan fingerprint density at radius 2 is 1.61 bits per heavy atom. The number of hydrogen-bond acceptors (Lipinski definition) is 2. The van der Waals surface area contributed by atoms with Gasteiger partial charge in [0.05, 0.1) is 12.1 Å². The molecule has 1 aromatic rings. The lowest BCUT2D eigenvalue weighted by Gasteiger charge is -2.30. The van der Waals surface area contributed by atoms with E-state index in [4.69, 9.17) is 5.73 Å². The summed E-state index contributed by atoms with van der Waals surface area (Å²) in [5, 5.41) is 10.2. The Labute approximate surface area is 106 Å². The fraction of sp³-hybridized carbons (Fsp3) is 0.571. The summed E-state index contributed by atoms with van der Waals surface area (Å²) < 4.78 is 26.2. The third-order valence-electron chi connectivity index (χ3n) is 3.77. The molecule has 1 fully saturated rings. The molecule has 1 saturated carbocycles. The molecule has 0 unspecified atom stereocenters. The molecule has 2 atom stereocenters. The first-order valence-electron chi connectivity index (χ1n) is 6.47. The van der Waals surface area contributed by atoms with Gasteiger partial charge >= 0.3 is 0 Å². The highest BCUT2D eigenvalue weighted by Crippen LogP contribution is 2.31. The lowest BCUT2D eigenvalue weighted by atomic mass is 9.81. The van der Waals surface area contributed by atoms with Crippen LogP contribution >= 0.6 is 0 Å². The van der Waals surface area contributed by atoms with Crippen molar-refractivity contribution in [1.29, 1.82) is 0 Å². The number of halogens is 2. The molecule has 100 valence electrons. The molecule has 3 N–H and O–H groups in total. The molecular weight excluding hydrogens is 236 g/mol. The topological polar surface area (TPSA) is 46.2 Å². The maximum Gasteiger partial charge on any atom is 0.126 e. The molecule has 0 aromatic heterocycles. The highest BCUT2D eigenvalue weighted by molar-refractivity contribution is 5.22. The standard InChI is InChI=1S/C14H19F2NO/c15-11-6-10(7-12(16)8-11)13(17)14(18)9-4-2-1-3-5-9/h6-9,13-14,18H,1-5,17H2/t13-,14+/m1/s1. The first kappa shape index (κ1) is 13.4. The van der Waals surface area contributed by atoms with Crippen molar-refractivity contribution in [3.8, 4) is 0 Å². The van der Waals surface area contributed by atoms with Gasteiger partial charge in [0.2, 0.25) is 0 Å². The Hall–Kier alpha value is -1.00. The van der Waals surface area contributed by atoms with Gasteiger partial charge in [0, 0.05) is 6.07 Å². The van der Waals surface area contributed by atoms with E-state index in [1.807, 2.05) is 0 Å². The van der Waals surface area contributed by atoms with Crippen molar-refractivity contribution < 1.29 is 13.9 Å². The molecule has 2 nitrogen and oxygen atoms in total. The van der Waals surface area contributed by atoms with Crippen molar-refractivity contribution in [3.63, 3.8) is 0 Å². The fourth-order valence-electron chi connectivity index (χ4n) is 2.73. The van der Waals surface area contributed by atoms with Crippen LogP contribution in [0.15, 0.2) is 18.2 Å². The second-order valence-corrected chi connectivity index (χ2v) is 5.12. The Morgan fingerprint density at radius 1 is 1.06 bits per heavy atom. The van der Waals surface area contributed by atoms with Crippen LogP contribution in [0.25, 0.3) is 0 Å². The number of aliphatic hydroxyl groups excluding tert-OH is 1. The molecule has 0 radical (unpaired) electrons. The van der Waals surface area contributed by atoms with Crippen LogP contribution in [0, 0.1) is 17.6 Å². The van der Waals surface area contributed by atoms with E-state index in [9.17, 15) is 13.9 Å². The molecule has 0 aliphatic heterocycles. The van der Waals surface area contributed by atoms with E-state index in [1.54, 1.807) is 0 Å². The van der Waals surface area contributed by atoms with Crippen molar-refractivity contribution in [2.24, 2.45) is 11.7 Å². The van der Waals surface area contributed by atoms with Gasteiger partial charge in [-0.3, -0.25) is 0 Å². The molecule has 0 saturated heterocycles. The molecule has 0 heterocycles. The van der Waals surface area contributed by atoms with E-state index in [2.05, 4.69) is 0 Å². The average molecular weight is 255 g/mol. The minimum Gasteiger partial charge on any atom is -0.391 e. The molecule has 0 spiro atoms. The first-order valence-corrected chi connectivity index (χ1v) is 6.47. The fourth-order valence-corrected chi connectivity index (χ4v) is 2.73. The number of nitrogens with two attached hydrogens (primary N) is 1. The van der Waals surface area contributed by atoms with Crippen LogP contribution in [-0.2, 0) is 0 Å². The van der Waals surface area contributed by atoms with Gasteiger partial charge in [0.1, 0.15) is 11.6 Å². The Morgan fingerprint density at radius 3 is 2.17 bits per heavy atom. The van der Waals surface area contributed by atoms with Crippen molar-refractivity contribution in [2.45, 2.75) is 44.2 Å².